The highest BCUT2D eigenvalue weighted by molar-refractivity contribution is 5.90. The smallest absolute Gasteiger partial charge is 0.269 e. The minimum absolute atomic E-state index is 0.0194. The van der Waals surface area contributed by atoms with Crippen molar-refractivity contribution in [3.63, 3.8) is 0 Å². The molecule has 0 spiro atoms. The van der Waals surface area contributed by atoms with Crippen LogP contribution in [0.4, 0.5) is 5.69 Å². The van der Waals surface area contributed by atoms with Crippen LogP contribution < -0.4 is 9.47 Å². The topological polar surface area (TPSA) is 85.4 Å². The third kappa shape index (κ3) is 3.86. The summed E-state index contributed by atoms with van der Waals surface area (Å²) in [5, 5.41) is 20.0. The fourth-order valence-corrected chi connectivity index (χ4v) is 2.02. The highest BCUT2D eigenvalue weighted by atomic mass is 16.6. The van der Waals surface area contributed by atoms with Crippen LogP contribution in [0.25, 0.3) is 11.6 Å². The van der Waals surface area contributed by atoms with Crippen molar-refractivity contribution in [3.8, 4) is 17.6 Å². The van der Waals surface area contributed by atoms with Gasteiger partial charge >= 0.3 is 0 Å². The summed E-state index contributed by atoms with van der Waals surface area (Å²) in [6.45, 7) is 0. The van der Waals surface area contributed by atoms with Crippen LogP contribution in [0.2, 0.25) is 0 Å². The van der Waals surface area contributed by atoms with Crippen molar-refractivity contribution in [2.45, 2.75) is 0 Å². The lowest BCUT2D eigenvalue weighted by Crippen LogP contribution is -1.90. The summed E-state index contributed by atoms with van der Waals surface area (Å²) in [6.07, 6.45) is 1.67. The molecule has 0 N–H and O–H groups in total. The summed E-state index contributed by atoms with van der Waals surface area (Å²) in [7, 11) is 3.09. The van der Waals surface area contributed by atoms with E-state index >= 15 is 0 Å². The van der Waals surface area contributed by atoms with Gasteiger partial charge in [0.25, 0.3) is 5.69 Å². The maximum Gasteiger partial charge on any atom is 0.269 e. The lowest BCUT2D eigenvalue weighted by Gasteiger charge is -2.06. The number of nitro benzene ring substituents is 1. The van der Waals surface area contributed by atoms with Gasteiger partial charge in [0.2, 0.25) is 0 Å². The number of hydrogen-bond acceptors (Lipinski definition) is 5. The second kappa shape index (κ2) is 7.09. The van der Waals surface area contributed by atoms with Crippen LogP contribution in [0.3, 0.4) is 0 Å². The molecule has 2 aromatic rings. The first kappa shape index (κ1) is 16.0. The maximum atomic E-state index is 10.7. The molecule has 0 amide bonds. The zero-order valence-corrected chi connectivity index (χ0v) is 12.6. The fraction of sp³-hybridized carbons (Fsp3) is 0.118. The van der Waals surface area contributed by atoms with Crippen molar-refractivity contribution in [1.29, 1.82) is 5.26 Å². The Morgan fingerprint density at radius 2 is 1.70 bits per heavy atom. The molecule has 0 saturated heterocycles. The molecule has 0 heterocycles. The van der Waals surface area contributed by atoms with Gasteiger partial charge in [-0.3, -0.25) is 10.1 Å². The number of non-ortho nitro benzene ring substituents is 1. The first-order chi connectivity index (χ1) is 11.1. The normalized spacial score (nSPS) is 10.7. The molecule has 0 unspecified atom stereocenters. The SMILES string of the molecule is COc1cc(/C=C(/C#N)c2ccc([N+](=O)[O-])cc2)cc(OC)c1. The second-order valence-electron chi connectivity index (χ2n) is 4.62. The predicted molar refractivity (Wildman–Crippen MR) is 86.1 cm³/mol. The van der Waals surface area contributed by atoms with E-state index in [0.29, 0.717) is 22.6 Å². The molecule has 0 radical (unpaired) electrons. The third-order valence-electron chi connectivity index (χ3n) is 3.19. The van der Waals surface area contributed by atoms with Crippen molar-refractivity contribution < 1.29 is 14.4 Å². The van der Waals surface area contributed by atoms with Crippen LogP contribution in [0.1, 0.15) is 11.1 Å². The molecule has 0 aliphatic heterocycles. The lowest BCUT2D eigenvalue weighted by molar-refractivity contribution is -0.384. The van der Waals surface area contributed by atoms with Gasteiger partial charge in [0.15, 0.2) is 0 Å². The van der Waals surface area contributed by atoms with Crippen molar-refractivity contribution in [1.82, 2.24) is 0 Å². The van der Waals surface area contributed by atoms with Gasteiger partial charge in [-0.25, -0.2) is 0 Å². The van der Waals surface area contributed by atoms with Crippen LogP contribution in [0.5, 0.6) is 11.5 Å². The summed E-state index contributed by atoms with van der Waals surface area (Å²) >= 11 is 0. The molecule has 0 saturated carbocycles. The zero-order chi connectivity index (χ0) is 16.8. The Labute approximate surface area is 133 Å². The molecule has 2 rings (SSSR count). The average molecular weight is 310 g/mol. The minimum Gasteiger partial charge on any atom is -0.497 e. The van der Waals surface area contributed by atoms with E-state index in [1.54, 1.807) is 50.6 Å². The standard InChI is InChI=1S/C17H14N2O4/c1-22-16-8-12(9-17(10-16)23-2)7-14(11-18)13-3-5-15(6-4-13)19(20)21/h3-10H,1-2H3/b14-7-. The van der Waals surface area contributed by atoms with E-state index in [9.17, 15) is 15.4 Å². The number of allylic oxidation sites excluding steroid dienone is 1. The molecule has 0 bridgehead atoms. The van der Waals surface area contributed by atoms with E-state index in [1.165, 1.54) is 12.1 Å². The Hall–Kier alpha value is -3.33. The van der Waals surface area contributed by atoms with Gasteiger partial charge in [-0.2, -0.15) is 5.26 Å². The van der Waals surface area contributed by atoms with Gasteiger partial charge in [-0.15, -0.1) is 0 Å². The summed E-state index contributed by atoms with van der Waals surface area (Å²) in [5.41, 5.74) is 1.69. The van der Waals surface area contributed by atoms with Crippen LogP contribution >= 0.6 is 0 Å². The molecule has 0 atom stereocenters. The molecule has 6 nitrogen and oxygen atoms in total. The first-order valence-electron chi connectivity index (χ1n) is 6.67. The Morgan fingerprint density at radius 3 is 2.13 bits per heavy atom. The second-order valence-corrected chi connectivity index (χ2v) is 4.62. The molecule has 6 heteroatoms. The first-order valence-corrected chi connectivity index (χ1v) is 6.67. The zero-order valence-electron chi connectivity index (χ0n) is 12.6. The van der Waals surface area contributed by atoms with Crippen LogP contribution in [-0.2, 0) is 0 Å². The maximum absolute atomic E-state index is 10.7. The Morgan fingerprint density at radius 1 is 1.13 bits per heavy atom. The quantitative estimate of drug-likeness (QED) is 0.364. The monoisotopic (exact) mass is 310 g/mol. The molecule has 0 aromatic heterocycles. The molecule has 0 aliphatic carbocycles. The molecule has 116 valence electrons. The predicted octanol–water partition coefficient (Wildman–Crippen LogP) is 3.68. The molecule has 0 aliphatic rings. The Balaban J connectivity index is 2.42. The van der Waals surface area contributed by atoms with Crippen LogP contribution in [0.15, 0.2) is 42.5 Å². The summed E-state index contributed by atoms with van der Waals surface area (Å²) in [4.78, 5) is 10.2. The molecular formula is C17H14N2O4. The number of methoxy groups -OCH3 is 2. The van der Waals surface area contributed by atoms with E-state index in [4.69, 9.17) is 9.47 Å². The highest BCUT2D eigenvalue weighted by Gasteiger charge is 2.08. The van der Waals surface area contributed by atoms with E-state index in [1.807, 2.05) is 0 Å². The van der Waals surface area contributed by atoms with Gasteiger partial charge in [0, 0.05) is 18.2 Å². The van der Waals surface area contributed by atoms with Crippen molar-refractivity contribution in [2.75, 3.05) is 14.2 Å². The van der Waals surface area contributed by atoms with Gasteiger partial charge in [0.05, 0.1) is 30.8 Å². The average Bonchev–Trinajstić information content (AvgIpc) is 2.59. The van der Waals surface area contributed by atoms with E-state index in [-0.39, 0.29) is 5.69 Å². The minimum atomic E-state index is -0.480. The molecule has 0 fully saturated rings. The number of nitro groups is 1. The molecular weight excluding hydrogens is 296 g/mol. The summed E-state index contributed by atoms with van der Waals surface area (Å²) in [5.74, 6) is 1.22. The summed E-state index contributed by atoms with van der Waals surface area (Å²) in [6, 6.07) is 13.2. The lowest BCUT2D eigenvalue weighted by atomic mass is 10.0. The summed E-state index contributed by atoms with van der Waals surface area (Å²) < 4.78 is 10.4. The number of nitriles is 1. The van der Waals surface area contributed by atoms with Gasteiger partial charge in [-0.05, 0) is 41.5 Å². The molecule has 2 aromatic carbocycles. The van der Waals surface area contributed by atoms with Crippen molar-refractivity contribution >= 4 is 17.3 Å². The van der Waals surface area contributed by atoms with E-state index in [2.05, 4.69) is 6.07 Å². The number of ether oxygens (including phenoxy) is 2. The molecule has 23 heavy (non-hydrogen) atoms. The van der Waals surface area contributed by atoms with Crippen LogP contribution in [0, 0.1) is 21.4 Å². The highest BCUT2D eigenvalue weighted by Crippen LogP contribution is 2.26. The van der Waals surface area contributed by atoms with E-state index < -0.39 is 4.92 Å². The Kier molecular flexibility index (Phi) is 4.95. The van der Waals surface area contributed by atoms with Gasteiger partial charge < -0.3 is 9.47 Å². The van der Waals surface area contributed by atoms with Crippen molar-refractivity contribution in [2.24, 2.45) is 0 Å². The van der Waals surface area contributed by atoms with Crippen LogP contribution in [-0.4, -0.2) is 19.1 Å². The number of hydrogen-bond donors (Lipinski definition) is 0. The van der Waals surface area contributed by atoms with Gasteiger partial charge in [-0.1, -0.05) is 0 Å². The van der Waals surface area contributed by atoms with Gasteiger partial charge in [0.1, 0.15) is 11.5 Å². The Bertz CT molecular complexity index is 767. The third-order valence-corrected chi connectivity index (χ3v) is 3.19. The number of nitrogens with zero attached hydrogens (tertiary/aromatic N) is 2. The number of rotatable bonds is 5. The van der Waals surface area contributed by atoms with E-state index in [0.717, 1.165) is 5.56 Å². The largest absolute Gasteiger partial charge is 0.497 e. The number of benzene rings is 2. The fourth-order valence-electron chi connectivity index (χ4n) is 2.02. The van der Waals surface area contributed by atoms with Crippen molar-refractivity contribution in [3.05, 3.63) is 63.7 Å².